The standard InChI is InChI=1S/C25H24N2O2/c1-17-5-10-21(15-18(17)2)27-25(20-8-13-23(29-4)14-9-20)16-24(26-27)19-6-11-22(28-3)12-7-19/h5-16H,1-4H3. The number of benzene rings is 3. The Morgan fingerprint density at radius 1 is 0.655 bits per heavy atom. The second-order valence-electron chi connectivity index (χ2n) is 7.05. The maximum Gasteiger partial charge on any atom is 0.118 e. The number of methoxy groups -OCH3 is 2. The van der Waals surface area contributed by atoms with Gasteiger partial charge in [-0.3, -0.25) is 0 Å². The smallest absolute Gasteiger partial charge is 0.118 e. The van der Waals surface area contributed by atoms with Crippen molar-refractivity contribution in [3.8, 4) is 39.7 Å². The van der Waals surface area contributed by atoms with Gasteiger partial charge in [0, 0.05) is 11.1 Å². The van der Waals surface area contributed by atoms with E-state index >= 15 is 0 Å². The molecule has 1 heterocycles. The van der Waals surface area contributed by atoms with Crippen LogP contribution in [0.2, 0.25) is 0 Å². The molecule has 0 unspecified atom stereocenters. The molecule has 0 aliphatic rings. The molecular weight excluding hydrogens is 360 g/mol. The van der Waals surface area contributed by atoms with Gasteiger partial charge < -0.3 is 9.47 Å². The van der Waals surface area contributed by atoms with Crippen molar-refractivity contribution in [2.45, 2.75) is 13.8 Å². The number of hydrogen-bond acceptors (Lipinski definition) is 3. The number of aromatic nitrogens is 2. The van der Waals surface area contributed by atoms with Crippen molar-refractivity contribution in [1.82, 2.24) is 9.78 Å². The summed E-state index contributed by atoms with van der Waals surface area (Å²) >= 11 is 0. The van der Waals surface area contributed by atoms with Crippen molar-refractivity contribution in [2.75, 3.05) is 14.2 Å². The summed E-state index contributed by atoms with van der Waals surface area (Å²) in [6, 6.07) is 24.6. The monoisotopic (exact) mass is 384 g/mol. The molecule has 0 atom stereocenters. The zero-order chi connectivity index (χ0) is 20.4. The second kappa shape index (κ2) is 7.84. The van der Waals surface area contributed by atoms with E-state index in [4.69, 9.17) is 14.6 Å². The molecule has 4 nitrogen and oxygen atoms in total. The predicted octanol–water partition coefficient (Wildman–Crippen LogP) is 5.84. The summed E-state index contributed by atoms with van der Waals surface area (Å²) in [5, 5.41) is 4.94. The summed E-state index contributed by atoms with van der Waals surface area (Å²) in [4.78, 5) is 0. The molecule has 3 aromatic carbocycles. The normalized spacial score (nSPS) is 10.8. The molecule has 0 N–H and O–H groups in total. The van der Waals surface area contributed by atoms with Gasteiger partial charge in [-0.2, -0.15) is 5.10 Å². The first-order chi connectivity index (χ1) is 14.1. The maximum absolute atomic E-state index is 5.31. The molecule has 0 spiro atoms. The molecular formula is C25H24N2O2. The quantitative estimate of drug-likeness (QED) is 0.434. The molecule has 0 fully saturated rings. The van der Waals surface area contributed by atoms with Crippen LogP contribution in [-0.2, 0) is 0 Å². The van der Waals surface area contributed by atoms with Gasteiger partial charge in [-0.25, -0.2) is 4.68 Å². The molecule has 0 radical (unpaired) electrons. The van der Waals surface area contributed by atoms with E-state index in [0.29, 0.717) is 0 Å². The molecule has 29 heavy (non-hydrogen) atoms. The molecule has 4 rings (SSSR count). The molecule has 0 aliphatic heterocycles. The van der Waals surface area contributed by atoms with Crippen molar-refractivity contribution in [1.29, 1.82) is 0 Å². The van der Waals surface area contributed by atoms with Gasteiger partial charge in [-0.15, -0.1) is 0 Å². The van der Waals surface area contributed by atoms with Gasteiger partial charge in [0.15, 0.2) is 0 Å². The fraction of sp³-hybridized carbons (Fsp3) is 0.160. The number of rotatable bonds is 5. The lowest BCUT2D eigenvalue weighted by atomic mass is 10.1. The molecule has 1 aromatic heterocycles. The third-order valence-corrected chi connectivity index (χ3v) is 5.22. The van der Waals surface area contributed by atoms with E-state index in [-0.39, 0.29) is 0 Å². The first-order valence-corrected chi connectivity index (χ1v) is 9.55. The molecule has 4 aromatic rings. The van der Waals surface area contributed by atoms with Crippen molar-refractivity contribution in [2.24, 2.45) is 0 Å². The summed E-state index contributed by atoms with van der Waals surface area (Å²) in [7, 11) is 3.35. The summed E-state index contributed by atoms with van der Waals surface area (Å²) in [5.41, 5.74) is 7.61. The van der Waals surface area contributed by atoms with Crippen LogP contribution >= 0.6 is 0 Å². The Morgan fingerprint density at radius 3 is 1.79 bits per heavy atom. The Morgan fingerprint density at radius 2 is 1.24 bits per heavy atom. The summed E-state index contributed by atoms with van der Waals surface area (Å²) in [6.45, 7) is 4.25. The summed E-state index contributed by atoms with van der Waals surface area (Å²) in [5.74, 6) is 1.67. The van der Waals surface area contributed by atoms with Crippen LogP contribution in [0.3, 0.4) is 0 Å². The number of aryl methyl sites for hydroxylation is 2. The predicted molar refractivity (Wildman–Crippen MR) is 117 cm³/mol. The Hall–Kier alpha value is -3.53. The molecule has 4 heteroatoms. The van der Waals surface area contributed by atoms with Crippen molar-refractivity contribution < 1.29 is 9.47 Å². The number of ether oxygens (including phenoxy) is 2. The highest BCUT2D eigenvalue weighted by atomic mass is 16.5. The highest BCUT2D eigenvalue weighted by Gasteiger charge is 2.14. The highest BCUT2D eigenvalue weighted by molar-refractivity contribution is 5.71. The first kappa shape index (κ1) is 18.8. The average molecular weight is 384 g/mol. The third-order valence-electron chi connectivity index (χ3n) is 5.22. The fourth-order valence-corrected chi connectivity index (χ4v) is 3.31. The topological polar surface area (TPSA) is 36.3 Å². The summed E-state index contributed by atoms with van der Waals surface area (Å²) in [6.07, 6.45) is 0. The minimum absolute atomic E-state index is 0.831. The van der Waals surface area contributed by atoms with E-state index in [1.54, 1.807) is 14.2 Å². The zero-order valence-electron chi connectivity index (χ0n) is 17.1. The fourth-order valence-electron chi connectivity index (χ4n) is 3.31. The van der Waals surface area contributed by atoms with Crippen LogP contribution in [0.1, 0.15) is 11.1 Å². The van der Waals surface area contributed by atoms with Gasteiger partial charge in [0.2, 0.25) is 0 Å². The minimum atomic E-state index is 0.831. The van der Waals surface area contributed by atoms with Gasteiger partial charge >= 0.3 is 0 Å². The van der Waals surface area contributed by atoms with Crippen LogP contribution in [0.5, 0.6) is 11.5 Å². The van der Waals surface area contributed by atoms with Crippen LogP contribution < -0.4 is 9.47 Å². The Kier molecular flexibility index (Phi) is 5.09. The molecule has 0 saturated carbocycles. The second-order valence-corrected chi connectivity index (χ2v) is 7.05. The molecule has 146 valence electrons. The maximum atomic E-state index is 5.31. The van der Waals surface area contributed by atoms with Crippen molar-refractivity contribution in [3.05, 3.63) is 83.9 Å². The van der Waals surface area contributed by atoms with E-state index < -0.39 is 0 Å². The van der Waals surface area contributed by atoms with Crippen LogP contribution in [0.25, 0.3) is 28.2 Å². The molecule has 0 amide bonds. The lowest BCUT2D eigenvalue weighted by molar-refractivity contribution is 0.414. The van der Waals surface area contributed by atoms with Crippen molar-refractivity contribution >= 4 is 0 Å². The van der Waals surface area contributed by atoms with Gasteiger partial charge in [-0.05, 0) is 91.7 Å². The van der Waals surface area contributed by atoms with Crippen LogP contribution in [0, 0.1) is 13.8 Å². The highest BCUT2D eigenvalue weighted by Crippen LogP contribution is 2.31. The largest absolute Gasteiger partial charge is 0.497 e. The molecule has 0 bridgehead atoms. The first-order valence-electron chi connectivity index (χ1n) is 9.55. The van der Waals surface area contributed by atoms with Crippen molar-refractivity contribution in [3.63, 3.8) is 0 Å². The van der Waals surface area contributed by atoms with Gasteiger partial charge in [0.1, 0.15) is 11.5 Å². The van der Waals surface area contributed by atoms with Gasteiger partial charge in [0.25, 0.3) is 0 Å². The van der Waals surface area contributed by atoms with E-state index in [1.807, 2.05) is 41.1 Å². The number of nitrogens with zero attached hydrogens (tertiary/aromatic N) is 2. The average Bonchev–Trinajstić information content (AvgIpc) is 3.21. The molecule has 0 saturated heterocycles. The van der Waals surface area contributed by atoms with E-state index in [2.05, 4.69) is 50.2 Å². The third kappa shape index (κ3) is 3.74. The van der Waals surface area contributed by atoms with E-state index in [9.17, 15) is 0 Å². The zero-order valence-corrected chi connectivity index (χ0v) is 17.1. The van der Waals surface area contributed by atoms with E-state index in [1.165, 1.54) is 11.1 Å². The Labute approximate surface area is 171 Å². The Bertz CT molecular complexity index is 1130. The van der Waals surface area contributed by atoms with Crippen LogP contribution in [-0.4, -0.2) is 24.0 Å². The number of hydrogen-bond donors (Lipinski definition) is 0. The SMILES string of the molecule is COc1ccc(-c2cc(-c3ccc(OC)cc3)n(-c3ccc(C)c(C)c3)n2)cc1. The minimum Gasteiger partial charge on any atom is -0.497 e. The van der Waals surface area contributed by atoms with Gasteiger partial charge in [-0.1, -0.05) is 6.07 Å². The van der Waals surface area contributed by atoms with Crippen LogP contribution in [0.15, 0.2) is 72.8 Å². The van der Waals surface area contributed by atoms with E-state index in [0.717, 1.165) is 39.7 Å². The summed E-state index contributed by atoms with van der Waals surface area (Å²) < 4.78 is 12.6. The van der Waals surface area contributed by atoms with Gasteiger partial charge in [0.05, 0.1) is 31.3 Å². The lowest BCUT2D eigenvalue weighted by Gasteiger charge is -2.10. The lowest BCUT2D eigenvalue weighted by Crippen LogP contribution is -2.00. The Balaban J connectivity index is 1.86. The molecule has 0 aliphatic carbocycles. The van der Waals surface area contributed by atoms with Crippen LogP contribution in [0.4, 0.5) is 0 Å².